The lowest BCUT2D eigenvalue weighted by Gasteiger charge is -2.39. The van der Waals surface area contributed by atoms with E-state index in [9.17, 15) is 31.2 Å². The molecule has 1 aliphatic heterocycles. The van der Waals surface area contributed by atoms with Crippen molar-refractivity contribution in [3.8, 4) is 0 Å². The number of anilines is 1. The molecule has 2 atom stereocenters. The van der Waals surface area contributed by atoms with Gasteiger partial charge in [0.15, 0.2) is 0 Å². The summed E-state index contributed by atoms with van der Waals surface area (Å²) in [5.41, 5.74) is -1.56. The first-order valence-electron chi connectivity index (χ1n) is 13.3. The number of hydrogen-bond acceptors (Lipinski definition) is 4. The fourth-order valence-corrected chi connectivity index (χ4v) is 6.90. The monoisotopic (exact) mass is 634 g/mol. The maximum absolute atomic E-state index is 14.0. The van der Waals surface area contributed by atoms with Crippen LogP contribution in [0, 0.1) is 5.92 Å². The van der Waals surface area contributed by atoms with Crippen molar-refractivity contribution in [3.05, 3.63) is 58.1 Å². The van der Waals surface area contributed by atoms with Gasteiger partial charge >= 0.3 is 12.2 Å². The van der Waals surface area contributed by atoms with Gasteiger partial charge in [0.25, 0.3) is 10.0 Å². The van der Waals surface area contributed by atoms with Gasteiger partial charge in [0.2, 0.25) is 5.91 Å². The van der Waals surface area contributed by atoms with Crippen LogP contribution in [0.5, 0.6) is 0 Å². The molecule has 2 aliphatic rings. The summed E-state index contributed by atoms with van der Waals surface area (Å²) in [6.07, 6.45) is -1.56. The van der Waals surface area contributed by atoms with E-state index in [0.717, 1.165) is 31.4 Å². The molecule has 1 saturated carbocycles. The third kappa shape index (κ3) is 7.58. The molecule has 2 aromatic rings. The van der Waals surface area contributed by atoms with Crippen LogP contribution in [0.3, 0.4) is 0 Å². The van der Waals surface area contributed by atoms with Crippen LogP contribution in [0.15, 0.2) is 47.4 Å². The number of carbonyl (C=O) groups excluding carboxylic acids is 2. The average molecular weight is 636 g/mol. The van der Waals surface area contributed by atoms with Crippen molar-refractivity contribution >= 4 is 50.9 Å². The van der Waals surface area contributed by atoms with E-state index >= 15 is 0 Å². The van der Waals surface area contributed by atoms with E-state index < -0.39 is 39.4 Å². The normalized spacial score (nSPS) is 18.5. The van der Waals surface area contributed by atoms with Crippen LogP contribution < -0.4 is 14.9 Å². The van der Waals surface area contributed by atoms with E-state index in [1.807, 2.05) is 0 Å². The maximum atomic E-state index is 14.0. The number of nitrogens with zero attached hydrogens (tertiary/aromatic N) is 2. The topological polar surface area (TPSA) is 98.8 Å². The second-order valence-corrected chi connectivity index (χ2v) is 12.9. The molecule has 14 heteroatoms. The van der Waals surface area contributed by atoms with Crippen molar-refractivity contribution in [2.75, 3.05) is 23.9 Å². The third-order valence-electron chi connectivity index (χ3n) is 7.13. The lowest BCUT2D eigenvalue weighted by molar-refractivity contribution is -0.137. The third-order valence-corrected chi connectivity index (χ3v) is 9.54. The summed E-state index contributed by atoms with van der Waals surface area (Å²) < 4.78 is 69.7. The lowest BCUT2D eigenvalue weighted by atomic mass is 9.97. The molecule has 0 radical (unpaired) electrons. The molecule has 2 N–H and O–H groups in total. The average Bonchev–Trinajstić information content (AvgIpc) is 3.74. The molecule has 224 valence electrons. The summed E-state index contributed by atoms with van der Waals surface area (Å²) in [5, 5.41) is 5.66. The van der Waals surface area contributed by atoms with Crippen molar-refractivity contribution in [3.63, 3.8) is 0 Å². The van der Waals surface area contributed by atoms with Gasteiger partial charge in [-0.1, -0.05) is 30.1 Å². The highest BCUT2D eigenvalue weighted by Crippen LogP contribution is 2.39. The zero-order chi connectivity index (χ0) is 29.9. The molecule has 1 saturated heterocycles. The van der Waals surface area contributed by atoms with Crippen LogP contribution in [0.2, 0.25) is 10.0 Å². The minimum Gasteiger partial charge on any atom is -0.341 e. The van der Waals surface area contributed by atoms with Gasteiger partial charge in [-0.15, -0.1) is 0 Å². The molecular formula is C27H31Cl2F3N4O4S. The van der Waals surface area contributed by atoms with E-state index in [0.29, 0.717) is 29.9 Å². The summed E-state index contributed by atoms with van der Waals surface area (Å²) >= 11 is 12.3. The van der Waals surface area contributed by atoms with Gasteiger partial charge < -0.3 is 15.5 Å². The van der Waals surface area contributed by atoms with Crippen molar-refractivity contribution in [1.82, 2.24) is 15.5 Å². The Morgan fingerprint density at radius 2 is 1.78 bits per heavy atom. The van der Waals surface area contributed by atoms with Crippen LogP contribution in [0.1, 0.15) is 44.6 Å². The first-order valence-corrected chi connectivity index (χ1v) is 15.5. The predicted octanol–water partition coefficient (Wildman–Crippen LogP) is 5.69. The summed E-state index contributed by atoms with van der Waals surface area (Å²) in [6.45, 7) is 2.50. The second kappa shape index (κ2) is 12.7. The summed E-state index contributed by atoms with van der Waals surface area (Å²) in [5.74, 6) is -0.640. The number of hydrogen-bond donors (Lipinski definition) is 2. The second-order valence-electron chi connectivity index (χ2n) is 10.3. The van der Waals surface area contributed by atoms with E-state index in [4.69, 9.17) is 23.2 Å². The number of alkyl halides is 3. The molecule has 8 nitrogen and oxygen atoms in total. The maximum Gasteiger partial charge on any atom is 0.416 e. The molecule has 0 aromatic heterocycles. The Kier molecular flexibility index (Phi) is 9.65. The van der Waals surface area contributed by atoms with E-state index in [1.54, 1.807) is 6.92 Å². The Labute approximate surface area is 247 Å². The molecule has 2 fully saturated rings. The van der Waals surface area contributed by atoms with Crippen molar-refractivity contribution in [1.29, 1.82) is 0 Å². The minimum absolute atomic E-state index is 0.0402. The predicted molar refractivity (Wildman–Crippen MR) is 151 cm³/mol. The smallest absolute Gasteiger partial charge is 0.341 e. The minimum atomic E-state index is -4.78. The van der Waals surface area contributed by atoms with Gasteiger partial charge in [0.05, 0.1) is 21.2 Å². The fraction of sp³-hybridized carbons (Fsp3) is 0.481. The largest absolute Gasteiger partial charge is 0.416 e. The number of rotatable bonds is 9. The van der Waals surface area contributed by atoms with E-state index in [-0.39, 0.29) is 45.9 Å². The molecule has 4 rings (SSSR count). The number of benzene rings is 2. The standard InChI is InChI=1S/C27H31Cl2F3N4O4S/c1-2-23(25(37)35-13-3-4-17(16-35)15-33-26(38)34-20-8-9-20)36(41(39,40)21-10-6-19(28)7-11-21)24-14-18(27(30,31)32)5-12-22(24)29/h5-7,10-12,14,17,20,23H,2-4,8-9,13,15-16H2,1H3,(H2,33,34,38)/t17-,23?/m1/s1. The summed E-state index contributed by atoms with van der Waals surface area (Å²) in [4.78, 5) is 27.3. The molecule has 1 aliphatic carbocycles. The first kappa shape index (κ1) is 31.2. The van der Waals surface area contributed by atoms with E-state index in [1.165, 1.54) is 29.2 Å². The number of amides is 3. The van der Waals surface area contributed by atoms with Crippen LogP contribution >= 0.6 is 23.2 Å². The van der Waals surface area contributed by atoms with Gasteiger partial charge in [-0.3, -0.25) is 9.10 Å². The van der Waals surface area contributed by atoms with Crippen LogP contribution in [-0.4, -0.2) is 57.0 Å². The zero-order valence-corrected chi connectivity index (χ0v) is 24.6. The molecule has 3 amide bonds. The fourth-order valence-electron chi connectivity index (χ4n) is 4.83. The van der Waals surface area contributed by atoms with Crippen LogP contribution in [-0.2, 0) is 21.0 Å². The summed E-state index contributed by atoms with van der Waals surface area (Å²) in [6, 6.07) is 6.02. The number of likely N-dealkylation sites (tertiary alicyclic amines) is 1. The van der Waals surface area contributed by atoms with Crippen molar-refractivity contribution < 1.29 is 31.2 Å². The highest BCUT2D eigenvalue weighted by molar-refractivity contribution is 7.93. The highest BCUT2D eigenvalue weighted by Gasteiger charge is 2.41. The Morgan fingerprint density at radius 1 is 1.10 bits per heavy atom. The van der Waals surface area contributed by atoms with Gasteiger partial charge in [-0.05, 0) is 80.5 Å². The Bertz CT molecular complexity index is 1370. The van der Waals surface area contributed by atoms with Crippen LogP contribution in [0.4, 0.5) is 23.7 Å². The Balaban J connectivity index is 1.66. The number of halogens is 5. The number of sulfonamides is 1. The first-order chi connectivity index (χ1) is 19.3. The SMILES string of the molecule is CCC(C(=O)N1CCC[C@H](CNC(=O)NC2CC2)C1)N(c1cc(C(F)(F)F)ccc1Cl)S(=O)(=O)c1ccc(Cl)cc1. The molecular weight excluding hydrogens is 604 g/mol. The van der Waals surface area contributed by atoms with Crippen LogP contribution in [0.25, 0.3) is 0 Å². The molecule has 1 heterocycles. The molecule has 2 aromatic carbocycles. The van der Waals surface area contributed by atoms with Gasteiger partial charge in [-0.25, -0.2) is 13.2 Å². The molecule has 0 bridgehead atoms. The highest BCUT2D eigenvalue weighted by atomic mass is 35.5. The molecule has 1 unspecified atom stereocenters. The van der Waals surface area contributed by atoms with Crippen molar-refractivity contribution in [2.45, 2.75) is 62.2 Å². The molecule has 41 heavy (non-hydrogen) atoms. The van der Waals surface area contributed by atoms with Gasteiger partial charge in [0, 0.05) is 30.7 Å². The van der Waals surface area contributed by atoms with Crippen molar-refractivity contribution in [2.24, 2.45) is 5.92 Å². The summed E-state index contributed by atoms with van der Waals surface area (Å²) in [7, 11) is -4.58. The van der Waals surface area contributed by atoms with Gasteiger partial charge in [-0.2, -0.15) is 13.2 Å². The lowest BCUT2D eigenvalue weighted by Crippen LogP contribution is -2.54. The number of urea groups is 1. The number of piperidine rings is 1. The Morgan fingerprint density at radius 3 is 2.39 bits per heavy atom. The quantitative estimate of drug-likeness (QED) is 0.370. The van der Waals surface area contributed by atoms with Gasteiger partial charge in [0.1, 0.15) is 6.04 Å². The molecule has 0 spiro atoms. The zero-order valence-electron chi connectivity index (χ0n) is 22.3. The van der Waals surface area contributed by atoms with E-state index in [2.05, 4.69) is 10.6 Å². The number of nitrogens with one attached hydrogen (secondary N) is 2. The Hall–Kier alpha value is -2.70. The number of carbonyl (C=O) groups is 2.